The number of rotatable bonds is 2. The molecule has 2 fully saturated rings. The Hall–Kier alpha value is -2.08. The molecule has 2 aliphatic heterocycles. The predicted molar refractivity (Wildman–Crippen MR) is 107 cm³/mol. The van der Waals surface area contributed by atoms with Gasteiger partial charge in [-0.2, -0.15) is 0 Å². The standard InChI is InChI=1S/C21H31N3O3/c1-16-14-24(15-17(2)27-16)19-10-8-18(9-11-19)22-20(25)21(26)23-12-6-4-3-5-7-13-23/h8-11,16-17H,3-7,12-15H2,1-2H3,(H,22,25)/t16-,17+. The van der Waals surface area contributed by atoms with Crippen LogP contribution in [0.25, 0.3) is 0 Å². The highest BCUT2D eigenvalue weighted by molar-refractivity contribution is 6.39. The lowest BCUT2D eigenvalue weighted by atomic mass is 10.1. The fourth-order valence-corrected chi connectivity index (χ4v) is 3.92. The molecule has 3 rings (SSSR count). The van der Waals surface area contributed by atoms with E-state index in [2.05, 4.69) is 24.1 Å². The summed E-state index contributed by atoms with van der Waals surface area (Å²) in [5.41, 5.74) is 1.75. The highest BCUT2D eigenvalue weighted by Gasteiger charge is 2.24. The van der Waals surface area contributed by atoms with Gasteiger partial charge in [0.1, 0.15) is 0 Å². The summed E-state index contributed by atoms with van der Waals surface area (Å²) in [5, 5.41) is 2.75. The van der Waals surface area contributed by atoms with Crippen molar-refractivity contribution in [1.82, 2.24) is 4.90 Å². The fourth-order valence-electron chi connectivity index (χ4n) is 3.92. The van der Waals surface area contributed by atoms with Gasteiger partial charge in [0.2, 0.25) is 0 Å². The molecule has 2 heterocycles. The van der Waals surface area contributed by atoms with Crippen molar-refractivity contribution in [3.63, 3.8) is 0 Å². The Labute approximate surface area is 161 Å². The number of benzene rings is 1. The number of amides is 2. The van der Waals surface area contributed by atoms with Gasteiger partial charge in [-0.05, 0) is 51.0 Å². The fraction of sp³-hybridized carbons (Fsp3) is 0.619. The van der Waals surface area contributed by atoms with Gasteiger partial charge in [-0.25, -0.2) is 0 Å². The maximum atomic E-state index is 12.4. The van der Waals surface area contributed by atoms with Crippen molar-refractivity contribution in [3.8, 4) is 0 Å². The minimum atomic E-state index is -0.544. The number of anilines is 2. The average Bonchev–Trinajstić information content (AvgIpc) is 2.60. The number of morpholine rings is 1. The number of carbonyl (C=O) groups excluding carboxylic acids is 2. The van der Waals surface area contributed by atoms with Crippen LogP contribution in [0.3, 0.4) is 0 Å². The van der Waals surface area contributed by atoms with Crippen LogP contribution in [0.2, 0.25) is 0 Å². The van der Waals surface area contributed by atoms with Crippen molar-refractivity contribution in [2.75, 3.05) is 36.4 Å². The molecular weight excluding hydrogens is 342 g/mol. The summed E-state index contributed by atoms with van der Waals surface area (Å²) < 4.78 is 5.77. The predicted octanol–water partition coefficient (Wildman–Crippen LogP) is 3.03. The molecular formula is C21H31N3O3. The van der Waals surface area contributed by atoms with Gasteiger partial charge in [-0.3, -0.25) is 9.59 Å². The minimum Gasteiger partial charge on any atom is -0.372 e. The van der Waals surface area contributed by atoms with Crippen LogP contribution < -0.4 is 10.2 Å². The smallest absolute Gasteiger partial charge is 0.313 e. The molecule has 0 radical (unpaired) electrons. The lowest BCUT2D eigenvalue weighted by Gasteiger charge is -2.36. The Bertz CT molecular complexity index is 629. The van der Waals surface area contributed by atoms with Crippen molar-refractivity contribution in [1.29, 1.82) is 0 Å². The third kappa shape index (κ3) is 5.45. The molecule has 0 spiro atoms. The van der Waals surface area contributed by atoms with E-state index in [-0.39, 0.29) is 12.2 Å². The normalized spacial score (nSPS) is 24.1. The third-order valence-electron chi connectivity index (χ3n) is 5.25. The minimum absolute atomic E-state index is 0.198. The van der Waals surface area contributed by atoms with E-state index < -0.39 is 11.8 Å². The van der Waals surface area contributed by atoms with E-state index in [0.717, 1.165) is 44.5 Å². The molecule has 2 saturated heterocycles. The lowest BCUT2D eigenvalue weighted by Crippen LogP contribution is -2.45. The Morgan fingerprint density at radius 3 is 2.07 bits per heavy atom. The molecule has 1 aromatic rings. The Morgan fingerprint density at radius 1 is 0.926 bits per heavy atom. The summed E-state index contributed by atoms with van der Waals surface area (Å²) in [6.07, 6.45) is 5.83. The van der Waals surface area contributed by atoms with Gasteiger partial charge in [0, 0.05) is 37.6 Å². The van der Waals surface area contributed by atoms with Crippen LogP contribution in [0.15, 0.2) is 24.3 Å². The topological polar surface area (TPSA) is 61.9 Å². The number of likely N-dealkylation sites (tertiary alicyclic amines) is 1. The number of ether oxygens (including phenoxy) is 1. The van der Waals surface area contributed by atoms with E-state index in [1.54, 1.807) is 4.90 Å². The summed E-state index contributed by atoms with van der Waals surface area (Å²) in [6, 6.07) is 7.69. The maximum Gasteiger partial charge on any atom is 0.313 e. The number of carbonyl (C=O) groups is 2. The van der Waals surface area contributed by atoms with Crippen molar-refractivity contribution in [2.45, 2.75) is 58.2 Å². The zero-order valence-corrected chi connectivity index (χ0v) is 16.4. The molecule has 0 unspecified atom stereocenters. The first kappa shape index (κ1) is 19.7. The number of hydrogen-bond donors (Lipinski definition) is 1. The second-order valence-corrected chi connectivity index (χ2v) is 7.72. The van der Waals surface area contributed by atoms with Crippen molar-refractivity contribution < 1.29 is 14.3 Å². The Kier molecular flexibility index (Phi) is 6.72. The van der Waals surface area contributed by atoms with Crippen molar-refractivity contribution >= 4 is 23.2 Å². The first-order valence-corrected chi connectivity index (χ1v) is 10.1. The SMILES string of the molecule is C[C@@H]1CN(c2ccc(NC(=O)C(=O)N3CCCCCCC3)cc2)C[C@H](C)O1. The zero-order valence-electron chi connectivity index (χ0n) is 16.4. The van der Waals surface area contributed by atoms with E-state index in [1.165, 1.54) is 6.42 Å². The van der Waals surface area contributed by atoms with Gasteiger partial charge < -0.3 is 19.9 Å². The molecule has 0 saturated carbocycles. The first-order valence-electron chi connectivity index (χ1n) is 10.1. The molecule has 6 heteroatoms. The molecule has 2 amide bonds. The van der Waals surface area contributed by atoms with Crippen LogP contribution in [0.4, 0.5) is 11.4 Å². The largest absolute Gasteiger partial charge is 0.372 e. The van der Waals surface area contributed by atoms with Gasteiger partial charge in [-0.1, -0.05) is 19.3 Å². The van der Waals surface area contributed by atoms with E-state index in [1.807, 2.05) is 24.3 Å². The van der Waals surface area contributed by atoms with Crippen LogP contribution in [0.5, 0.6) is 0 Å². The summed E-state index contributed by atoms with van der Waals surface area (Å²) >= 11 is 0. The lowest BCUT2D eigenvalue weighted by molar-refractivity contribution is -0.143. The maximum absolute atomic E-state index is 12.4. The van der Waals surface area contributed by atoms with Crippen LogP contribution in [0, 0.1) is 0 Å². The second-order valence-electron chi connectivity index (χ2n) is 7.72. The summed E-state index contributed by atoms with van der Waals surface area (Å²) in [6.45, 7) is 7.21. The number of hydrogen-bond acceptors (Lipinski definition) is 4. The molecule has 148 valence electrons. The molecule has 27 heavy (non-hydrogen) atoms. The quantitative estimate of drug-likeness (QED) is 0.810. The van der Waals surface area contributed by atoms with E-state index >= 15 is 0 Å². The van der Waals surface area contributed by atoms with Crippen molar-refractivity contribution in [2.24, 2.45) is 0 Å². The van der Waals surface area contributed by atoms with Gasteiger partial charge in [0.15, 0.2) is 0 Å². The molecule has 1 N–H and O–H groups in total. The summed E-state index contributed by atoms with van der Waals surface area (Å²) in [4.78, 5) is 28.8. The van der Waals surface area contributed by atoms with Gasteiger partial charge >= 0.3 is 11.8 Å². The highest BCUT2D eigenvalue weighted by Crippen LogP contribution is 2.22. The molecule has 2 atom stereocenters. The molecule has 0 bridgehead atoms. The van der Waals surface area contributed by atoms with Gasteiger partial charge in [0.05, 0.1) is 12.2 Å². The van der Waals surface area contributed by atoms with E-state index in [9.17, 15) is 9.59 Å². The zero-order chi connectivity index (χ0) is 19.2. The molecule has 2 aliphatic rings. The van der Waals surface area contributed by atoms with E-state index in [4.69, 9.17) is 4.74 Å². The summed E-state index contributed by atoms with van der Waals surface area (Å²) in [7, 11) is 0. The average molecular weight is 373 g/mol. The highest BCUT2D eigenvalue weighted by atomic mass is 16.5. The van der Waals surface area contributed by atoms with Gasteiger partial charge in [-0.15, -0.1) is 0 Å². The van der Waals surface area contributed by atoms with Gasteiger partial charge in [0.25, 0.3) is 0 Å². The molecule has 0 aliphatic carbocycles. The summed E-state index contributed by atoms with van der Waals surface area (Å²) in [5.74, 6) is -0.964. The van der Waals surface area contributed by atoms with Crippen LogP contribution >= 0.6 is 0 Å². The number of nitrogens with zero attached hydrogens (tertiary/aromatic N) is 2. The third-order valence-corrected chi connectivity index (χ3v) is 5.25. The van der Waals surface area contributed by atoms with E-state index in [0.29, 0.717) is 18.8 Å². The van der Waals surface area contributed by atoms with Crippen molar-refractivity contribution in [3.05, 3.63) is 24.3 Å². The van der Waals surface area contributed by atoms with Crippen LogP contribution in [-0.2, 0) is 14.3 Å². The second kappa shape index (κ2) is 9.22. The molecule has 6 nitrogen and oxygen atoms in total. The van der Waals surface area contributed by atoms with Crippen LogP contribution in [-0.4, -0.2) is 55.1 Å². The molecule has 0 aromatic heterocycles. The van der Waals surface area contributed by atoms with Crippen LogP contribution in [0.1, 0.15) is 46.0 Å². The number of nitrogens with one attached hydrogen (secondary N) is 1. The monoisotopic (exact) mass is 373 g/mol. The Morgan fingerprint density at radius 2 is 1.48 bits per heavy atom. The Balaban J connectivity index is 1.57. The molecule has 1 aromatic carbocycles. The first-order chi connectivity index (χ1) is 13.0.